The van der Waals surface area contributed by atoms with Crippen LogP contribution in [-0.2, 0) is 30.3 Å². The molecule has 9 heteroatoms. The summed E-state index contributed by atoms with van der Waals surface area (Å²) in [4.78, 5) is 62.6. The molecule has 2 aromatic rings. The largest absolute Gasteiger partial charge is 0.473 e. The molecule has 2 atom stereocenters. The van der Waals surface area contributed by atoms with Crippen molar-refractivity contribution in [2.24, 2.45) is 16.8 Å². The van der Waals surface area contributed by atoms with Crippen LogP contribution >= 0.6 is 0 Å². The zero-order chi connectivity index (χ0) is 31.4. The van der Waals surface area contributed by atoms with Gasteiger partial charge in [0, 0.05) is 18.5 Å². The van der Waals surface area contributed by atoms with E-state index in [4.69, 9.17) is 9.73 Å². The number of ether oxygens (including phenoxy) is 1. The number of nitrogens with zero attached hydrogens (tertiary/aromatic N) is 3. The average Bonchev–Trinajstić information content (AvgIpc) is 3.66. The minimum Gasteiger partial charge on any atom is -0.473 e. The van der Waals surface area contributed by atoms with Crippen LogP contribution in [-0.4, -0.2) is 70.0 Å². The van der Waals surface area contributed by atoms with Crippen LogP contribution in [0, 0.1) is 11.8 Å². The van der Waals surface area contributed by atoms with Crippen LogP contribution in [0.15, 0.2) is 71.9 Å². The number of carbonyl (C=O) groups is 4. The highest BCUT2D eigenvalue weighted by Crippen LogP contribution is 2.37. The van der Waals surface area contributed by atoms with E-state index in [0.29, 0.717) is 17.9 Å². The number of carbonyl (C=O) groups excluding carboxylic acids is 4. The van der Waals surface area contributed by atoms with Gasteiger partial charge in [-0.2, -0.15) is 0 Å². The molecule has 9 nitrogen and oxygen atoms in total. The van der Waals surface area contributed by atoms with E-state index in [2.05, 4.69) is 5.32 Å². The molecule has 5 rings (SSSR count). The van der Waals surface area contributed by atoms with E-state index in [-0.39, 0.29) is 53.8 Å². The molecular formula is C35H42N4O5. The van der Waals surface area contributed by atoms with Crippen LogP contribution in [0.25, 0.3) is 5.70 Å². The highest BCUT2D eigenvalue weighted by atomic mass is 16.5. The number of hydrogen-bond acceptors (Lipinski definition) is 6. The number of nitrogens with one attached hydrogen (secondary N) is 1. The monoisotopic (exact) mass is 598 g/mol. The Morgan fingerprint density at radius 3 is 2.23 bits per heavy atom. The van der Waals surface area contributed by atoms with Gasteiger partial charge in [0.25, 0.3) is 11.8 Å². The second-order valence-electron chi connectivity index (χ2n) is 12.7. The number of rotatable bonds is 10. The summed E-state index contributed by atoms with van der Waals surface area (Å²) in [6, 6.07) is 17.0. The van der Waals surface area contributed by atoms with E-state index >= 15 is 0 Å². The smallest absolute Gasteiger partial charge is 0.256 e. The first kappa shape index (κ1) is 31.2. The molecule has 1 fully saturated rings. The van der Waals surface area contributed by atoms with Gasteiger partial charge >= 0.3 is 0 Å². The summed E-state index contributed by atoms with van der Waals surface area (Å²) in [6.45, 7) is 7.44. The van der Waals surface area contributed by atoms with E-state index in [1.165, 1.54) is 9.80 Å². The third-order valence-corrected chi connectivity index (χ3v) is 8.62. The van der Waals surface area contributed by atoms with Gasteiger partial charge in [-0.05, 0) is 29.9 Å². The Balaban J connectivity index is 1.43. The number of amides is 3. The van der Waals surface area contributed by atoms with Crippen LogP contribution in [0.2, 0.25) is 0 Å². The van der Waals surface area contributed by atoms with Gasteiger partial charge in [0.15, 0.2) is 0 Å². The van der Waals surface area contributed by atoms with E-state index in [9.17, 15) is 19.2 Å². The van der Waals surface area contributed by atoms with Crippen molar-refractivity contribution < 1.29 is 23.9 Å². The Morgan fingerprint density at radius 1 is 0.977 bits per heavy atom. The lowest BCUT2D eigenvalue weighted by atomic mass is 9.95. The van der Waals surface area contributed by atoms with Crippen LogP contribution in [0.5, 0.6) is 0 Å². The third-order valence-electron chi connectivity index (χ3n) is 8.62. The molecule has 2 aliphatic heterocycles. The number of Topliss-reactive ketones (excluding diaryl/α,β-unsaturated/α-hetero) is 1. The molecule has 1 unspecified atom stereocenters. The molecule has 3 aliphatic rings. The van der Waals surface area contributed by atoms with Crippen LogP contribution in [0.1, 0.15) is 64.5 Å². The summed E-state index contributed by atoms with van der Waals surface area (Å²) >= 11 is 0. The molecule has 1 saturated carbocycles. The Hall–Kier alpha value is -4.27. The van der Waals surface area contributed by atoms with Crippen molar-refractivity contribution in [3.8, 4) is 0 Å². The summed E-state index contributed by atoms with van der Waals surface area (Å²) < 4.78 is 5.83. The van der Waals surface area contributed by atoms with Crippen molar-refractivity contribution in [3.63, 3.8) is 0 Å². The first-order valence-corrected chi connectivity index (χ1v) is 15.6. The second-order valence-corrected chi connectivity index (χ2v) is 12.7. The van der Waals surface area contributed by atoms with E-state index in [1.54, 1.807) is 20.0 Å². The molecule has 2 aromatic carbocycles. The first-order chi connectivity index (χ1) is 21.1. The summed E-state index contributed by atoms with van der Waals surface area (Å²) in [5.74, 6) is -1.82. The highest BCUT2D eigenvalue weighted by Gasteiger charge is 2.44. The third kappa shape index (κ3) is 6.61. The summed E-state index contributed by atoms with van der Waals surface area (Å²) in [6.07, 6.45) is 5.82. The average molecular weight is 599 g/mol. The van der Waals surface area contributed by atoms with Crippen molar-refractivity contribution in [3.05, 3.63) is 78.0 Å². The lowest BCUT2D eigenvalue weighted by Gasteiger charge is -2.41. The lowest BCUT2D eigenvalue weighted by Crippen LogP contribution is -2.57. The molecule has 0 aromatic heterocycles. The molecule has 1 N–H and O–H groups in total. The zero-order valence-electron chi connectivity index (χ0n) is 26.0. The fraction of sp³-hybridized carbons (Fsp3) is 0.457. The lowest BCUT2D eigenvalue weighted by molar-refractivity contribution is -0.147. The van der Waals surface area contributed by atoms with Crippen molar-refractivity contribution in [2.75, 3.05) is 13.2 Å². The number of ketones is 1. The molecule has 0 bridgehead atoms. The Bertz CT molecular complexity index is 1440. The predicted molar refractivity (Wildman–Crippen MR) is 168 cm³/mol. The van der Waals surface area contributed by atoms with Crippen molar-refractivity contribution >= 4 is 35.1 Å². The molecule has 0 saturated heterocycles. The summed E-state index contributed by atoms with van der Waals surface area (Å²) in [5, 5.41) is 2.91. The first-order valence-electron chi connectivity index (χ1n) is 15.6. The minimum absolute atomic E-state index is 0.0646. The van der Waals surface area contributed by atoms with Crippen molar-refractivity contribution in [1.82, 2.24) is 15.1 Å². The maximum absolute atomic E-state index is 14.1. The van der Waals surface area contributed by atoms with Gasteiger partial charge in [0.2, 0.25) is 17.6 Å². The quantitative estimate of drug-likeness (QED) is 0.437. The molecule has 1 spiro atoms. The highest BCUT2D eigenvalue weighted by molar-refractivity contribution is 6.39. The Labute approximate surface area is 259 Å². The van der Waals surface area contributed by atoms with Crippen molar-refractivity contribution in [1.29, 1.82) is 0 Å². The molecule has 1 aliphatic carbocycles. The number of benzene rings is 2. The number of aliphatic imine (C=N–C) groups is 1. The molecule has 0 radical (unpaired) electrons. The van der Waals surface area contributed by atoms with Gasteiger partial charge in [-0.25, -0.2) is 4.99 Å². The fourth-order valence-electron chi connectivity index (χ4n) is 6.28. The van der Waals surface area contributed by atoms with Crippen LogP contribution in [0.4, 0.5) is 0 Å². The SMILES string of the molecule is CC(C)C(=O)N1C=C(c2ccccc2)N(CC(=O)N[C@@H](Cc2ccccc2)C(=O)C2=NC3(CCCC3)CO2)C(=O)C1C(C)C. The van der Waals surface area contributed by atoms with Crippen LogP contribution in [0.3, 0.4) is 0 Å². The molecule has 44 heavy (non-hydrogen) atoms. The predicted octanol–water partition coefficient (Wildman–Crippen LogP) is 4.37. The minimum atomic E-state index is -0.927. The van der Waals surface area contributed by atoms with E-state index < -0.39 is 18.0 Å². The molecule has 3 amide bonds. The maximum atomic E-state index is 14.1. The zero-order valence-corrected chi connectivity index (χ0v) is 26.0. The van der Waals surface area contributed by atoms with Gasteiger partial charge in [0.1, 0.15) is 25.2 Å². The Morgan fingerprint density at radius 2 is 1.61 bits per heavy atom. The van der Waals surface area contributed by atoms with Gasteiger partial charge in [0.05, 0.1) is 11.2 Å². The van der Waals surface area contributed by atoms with Gasteiger partial charge in [-0.1, -0.05) is 101 Å². The Kier molecular flexibility index (Phi) is 9.32. The standard InChI is InChI=1S/C35H42N4O5/c1-23(2)30-34(43)38(28(26-15-9-6-10-16-26)20-39(30)33(42)24(3)4)21-29(40)36-27(19-25-13-7-5-8-14-25)31(41)32-37-35(22-44-32)17-11-12-18-35/h5-10,13-16,20,23-24,27,30H,11-12,17-19,21-22H2,1-4H3,(H,36,40)/t27-,30?/m0/s1. The molecule has 232 valence electrons. The van der Waals surface area contributed by atoms with E-state index in [0.717, 1.165) is 31.2 Å². The van der Waals surface area contributed by atoms with Gasteiger partial charge in [-0.15, -0.1) is 0 Å². The topological polar surface area (TPSA) is 108 Å². The molecule has 2 heterocycles. The second kappa shape index (κ2) is 13.2. The summed E-state index contributed by atoms with van der Waals surface area (Å²) in [7, 11) is 0. The fourth-order valence-corrected chi connectivity index (χ4v) is 6.28. The van der Waals surface area contributed by atoms with Gasteiger partial charge in [-0.3, -0.25) is 24.1 Å². The van der Waals surface area contributed by atoms with Crippen LogP contribution < -0.4 is 5.32 Å². The molecular weight excluding hydrogens is 556 g/mol. The number of hydrogen-bond donors (Lipinski definition) is 1. The normalized spacial score (nSPS) is 20.0. The van der Waals surface area contributed by atoms with Gasteiger partial charge < -0.3 is 15.0 Å². The van der Waals surface area contributed by atoms with E-state index in [1.807, 2.05) is 74.5 Å². The van der Waals surface area contributed by atoms with Crippen molar-refractivity contribution in [2.45, 2.75) is 77.4 Å². The maximum Gasteiger partial charge on any atom is 0.256 e. The summed E-state index contributed by atoms with van der Waals surface area (Å²) in [5.41, 5.74) is 1.69.